The largest absolute Gasteiger partial charge is 0.462 e. The lowest BCUT2D eigenvalue weighted by atomic mass is 10.0. The highest BCUT2D eigenvalue weighted by atomic mass is 16.6. The van der Waals surface area contributed by atoms with Gasteiger partial charge >= 0.3 is 17.9 Å². The summed E-state index contributed by atoms with van der Waals surface area (Å²) in [6.07, 6.45) is 84.8. The first kappa shape index (κ1) is 73.8. The molecule has 0 aromatic carbocycles. The van der Waals surface area contributed by atoms with E-state index in [9.17, 15) is 14.4 Å². The SMILES string of the molecule is CC/C=C\C/C=C\C/C=C\C/C=C\C/C=C\CCCCCCCCCCCC(=O)OCC(COC(=O)CCCCCCCCCCCCCCCCC)OC(=O)CCCCCCCCCCC/C=C\CCCCCCCC. The second-order valence-corrected chi connectivity index (χ2v) is 22.4. The molecule has 446 valence electrons. The monoisotopic (exact) mass is 1070 g/mol. The van der Waals surface area contributed by atoms with Crippen LogP contribution in [0.25, 0.3) is 0 Å². The van der Waals surface area contributed by atoms with Gasteiger partial charge in [-0.2, -0.15) is 0 Å². The lowest BCUT2D eigenvalue weighted by Crippen LogP contribution is -2.30. The fraction of sp³-hybridized carbons (Fsp3) is 0.789. The van der Waals surface area contributed by atoms with Gasteiger partial charge in [-0.25, -0.2) is 0 Å². The van der Waals surface area contributed by atoms with Crippen molar-refractivity contribution < 1.29 is 28.6 Å². The van der Waals surface area contributed by atoms with Gasteiger partial charge in [0.05, 0.1) is 0 Å². The molecule has 0 spiro atoms. The van der Waals surface area contributed by atoms with Gasteiger partial charge in [-0.15, -0.1) is 0 Å². The van der Waals surface area contributed by atoms with Crippen LogP contribution in [0.2, 0.25) is 0 Å². The lowest BCUT2D eigenvalue weighted by Gasteiger charge is -2.18. The summed E-state index contributed by atoms with van der Waals surface area (Å²) in [6, 6.07) is 0. The molecule has 0 fully saturated rings. The van der Waals surface area contributed by atoms with Crippen molar-refractivity contribution in [2.24, 2.45) is 0 Å². The van der Waals surface area contributed by atoms with Crippen LogP contribution < -0.4 is 0 Å². The molecule has 0 aliphatic carbocycles. The summed E-state index contributed by atoms with van der Waals surface area (Å²) >= 11 is 0. The van der Waals surface area contributed by atoms with E-state index in [-0.39, 0.29) is 31.1 Å². The Balaban J connectivity index is 4.33. The Kier molecular flexibility index (Phi) is 62.7. The van der Waals surface area contributed by atoms with Crippen molar-refractivity contribution in [2.75, 3.05) is 13.2 Å². The average Bonchev–Trinajstić information content (AvgIpc) is 3.43. The minimum absolute atomic E-state index is 0.0740. The van der Waals surface area contributed by atoms with Gasteiger partial charge in [0.2, 0.25) is 0 Å². The quantitative estimate of drug-likeness (QED) is 0.0261. The fourth-order valence-corrected chi connectivity index (χ4v) is 9.70. The number of carbonyl (C=O) groups excluding carboxylic acids is 3. The Morgan fingerprint density at radius 2 is 0.506 bits per heavy atom. The molecule has 0 amide bonds. The molecule has 0 N–H and O–H groups in total. The van der Waals surface area contributed by atoms with Gasteiger partial charge in [0, 0.05) is 19.3 Å². The van der Waals surface area contributed by atoms with Crippen LogP contribution in [0.5, 0.6) is 0 Å². The Labute approximate surface area is 478 Å². The maximum atomic E-state index is 12.9. The average molecular weight is 1080 g/mol. The third-order valence-corrected chi connectivity index (χ3v) is 14.7. The first-order chi connectivity index (χ1) is 38.0. The molecule has 0 aliphatic heterocycles. The van der Waals surface area contributed by atoms with E-state index in [0.29, 0.717) is 19.3 Å². The van der Waals surface area contributed by atoms with Crippen LogP contribution in [0.1, 0.15) is 342 Å². The van der Waals surface area contributed by atoms with Crippen LogP contribution in [0.3, 0.4) is 0 Å². The Morgan fingerprint density at radius 1 is 0.273 bits per heavy atom. The van der Waals surface area contributed by atoms with Crippen molar-refractivity contribution in [3.8, 4) is 0 Å². The van der Waals surface area contributed by atoms with Gasteiger partial charge in [0.25, 0.3) is 0 Å². The summed E-state index contributed by atoms with van der Waals surface area (Å²) in [5.41, 5.74) is 0. The first-order valence-corrected chi connectivity index (χ1v) is 33.4. The van der Waals surface area contributed by atoms with Crippen LogP contribution in [-0.4, -0.2) is 37.2 Å². The van der Waals surface area contributed by atoms with Crippen molar-refractivity contribution in [1.29, 1.82) is 0 Å². The molecule has 0 saturated heterocycles. The second kappa shape index (κ2) is 65.4. The van der Waals surface area contributed by atoms with Gasteiger partial charge in [-0.3, -0.25) is 14.4 Å². The van der Waals surface area contributed by atoms with E-state index in [4.69, 9.17) is 14.2 Å². The number of ether oxygens (including phenoxy) is 3. The van der Waals surface area contributed by atoms with Gasteiger partial charge in [0.1, 0.15) is 13.2 Å². The lowest BCUT2D eigenvalue weighted by molar-refractivity contribution is -0.167. The van der Waals surface area contributed by atoms with Crippen LogP contribution in [0, 0.1) is 0 Å². The predicted octanol–water partition coefficient (Wildman–Crippen LogP) is 22.9. The molecule has 0 bridgehead atoms. The van der Waals surface area contributed by atoms with Crippen molar-refractivity contribution in [3.63, 3.8) is 0 Å². The molecule has 0 heterocycles. The van der Waals surface area contributed by atoms with Crippen molar-refractivity contribution in [2.45, 2.75) is 348 Å². The molecule has 0 aromatic heterocycles. The number of carbonyl (C=O) groups is 3. The molecule has 6 heteroatoms. The molecule has 0 aromatic rings. The smallest absolute Gasteiger partial charge is 0.306 e. The van der Waals surface area contributed by atoms with E-state index in [2.05, 4.69) is 93.7 Å². The first-order valence-electron chi connectivity index (χ1n) is 33.4. The molecular weight excluding hydrogens is 949 g/mol. The Hall–Kier alpha value is -3.15. The molecule has 1 unspecified atom stereocenters. The standard InChI is InChI=1S/C71H126O6/c1-4-7-10-13-16-19-22-25-28-30-32-33-34-35-36-37-39-40-43-46-49-52-55-58-61-64-70(73)76-67-68(66-75-69(72)63-60-57-54-51-48-45-42-27-24-21-18-15-12-9-6-3)77-71(74)65-62-59-56-53-50-47-44-41-38-31-29-26-23-20-17-14-11-8-5-2/h7,10,16,19,25-26,28-29,32-33,35-36,68H,4-6,8-9,11-15,17-18,20-24,27,30-31,34,37-67H2,1-3H3/b10-7-,19-16-,28-25-,29-26-,33-32-,36-35-. The van der Waals surface area contributed by atoms with E-state index >= 15 is 0 Å². The van der Waals surface area contributed by atoms with E-state index in [1.165, 1.54) is 205 Å². The van der Waals surface area contributed by atoms with Gasteiger partial charge in [-0.1, -0.05) is 306 Å². The maximum absolute atomic E-state index is 12.9. The molecule has 77 heavy (non-hydrogen) atoms. The van der Waals surface area contributed by atoms with E-state index in [1.807, 2.05) is 0 Å². The van der Waals surface area contributed by atoms with Crippen LogP contribution in [0.4, 0.5) is 0 Å². The molecule has 0 radical (unpaired) electrons. The van der Waals surface area contributed by atoms with E-state index in [0.717, 1.165) is 96.3 Å². The number of hydrogen-bond donors (Lipinski definition) is 0. The summed E-state index contributed by atoms with van der Waals surface area (Å²) in [5, 5.41) is 0. The van der Waals surface area contributed by atoms with Crippen molar-refractivity contribution >= 4 is 17.9 Å². The zero-order valence-corrected chi connectivity index (χ0v) is 51.2. The topological polar surface area (TPSA) is 78.9 Å². The Morgan fingerprint density at radius 3 is 0.805 bits per heavy atom. The van der Waals surface area contributed by atoms with Crippen molar-refractivity contribution in [1.82, 2.24) is 0 Å². The summed E-state index contributed by atoms with van der Waals surface area (Å²) in [6.45, 7) is 6.57. The number of hydrogen-bond acceptors (Lipinski definition) is 6. The molecule has 0 rings (SSSR count). The molecule has 6 nitrogen and oxygen atoms in total. The highest BCUT2D eigenvalue weighted by molar-refractivity contribution is 5.71. The number of allylic oxidation sites excluding steroid dienone is 12. The summed E-state index contributed by atoms with van der Waals surface area (Å²) in [5.74, 6) is -0.863. The van der Waals surface area contributed by atoms with Crippen LogP contribution in [-0.2, 0) is 28.6 Å². The Bertz CT molecular complexity index is 1420. The van der Waals surface area contributed by atoms with Crippen molar-refractivity contribution in [3.05, 3.63) is 72.9 Å². The molecular formula is C71H126O6. The highest BCUT2D eigenvalue weighted by Crippen LogP contribution is 2.17. The zero-order valence-electron chi connectivity index (χ0n) is 51.2. The normalized spacial score (nSPS) is 12.5. The third-order valence-electron chi connectivity index (χ3n) is 14.7. The molecule has 0 saturated carbocycles. The zero-order chi connectivity index (χ0) is 55.7. The number of unbranched alkanes of at least 4 members (excludes halogenated alkanes) is 38. The highest BCUT2D eigenvalue weighted by Gasteiger charge is 2.19. The fourth-order valence-electron chi connectivity index (χ4n) is 9.70. The number of rotatable bonds is 61. The maximum Gasteiger partial charge on any atom is 0.306 e. The van der Waals surface area contributed by atoms with Crippen LogP contribution >= 0.6 is 0 Å². The van der Waals surface area contributed by atoms with E-state index in [1.54, 1.807) is 0 Å². The summed E-state index contributed by atoms with van der Waals surface area (Å²) in [7, 11) is 0. The summed E-state index contributed by atoms with van der Waals surface area (Å²) < 4.78 is 17.0. The van der Waals surface area contributed by atoms with E-state index < -0.39 is 6.10 Å². The second-order valence-electron chi connectivity index (χ2n) is 22.4. The minimum atomic E-state index is -0.778. The predicted molar refractivity (Wildman–Crippen MR) is 335 cm³/mol. The molecule has 1 atom stereocenters. The molecule has 0 aliphatic rings. The van der Waals surface area contributed by atoms with Gasteiger partial charge < -0.3 is 14.2 Å². The van der Waals surface area contributed by atoms with Gasteiger partial charge in [0.15, 0.2) is 6.10 Å². The van der Waals surface area contributed by atoms with Gasteiger partial charge in [-0.05, 0) is 89.9 Å². The third kappa shape index (κ3) is 63.6. The van der Waals surface area contributed by atoms with Crippen LogP contribution in [0.15, 0.2) is 72.9 Å². The minimum Gasteiger partial charge on any atom is -0.462 e. The summed E-state index contributed by atoms with van der Waals surface area (Å²) in [4.78, 5) is 38.4. The number of esters is 3.